The Labute approximate surface area is 122 Å². The maximum absolute atomic E-state index is 11.3. The van der Waals surface area contributed by atoms with Gasteiger partial charge in [0.15, 0.2) is 0 Å². The van der Waals surface area contributed by atoms with E-state index < -0.39 is 12.1 Å². The lowest BCUT2D eigenvalue weighted by Crippen LogP contribution is -2.24. The molecule has 0 aromatic heterocycles. The van der Waals surface area contributed by atoms with Gasteiger partial charge in [-0.3, -0.25) is 0 Å². The van der Waals surface area contributed by atoms with Crippen molar-refractivity contribution >= 4 is 16.7 Å². The Kier molecular flexibility index (Phi) is 5.14. The van der Waals surface area contributed by atoms with E-state index in [0.717, 1.165) is 5.39 Å². The van der Waals surface area contributed by atoms with Crippen LogP contribution in [0.1, 0.15) is 17.3 Å². The maximum Gasteiger partial charge on any atom is 0.339 e. The van der Waals surface area contributed by atoms with Crippen LogP contribution < -0.4 is 4.74 Å². The molecular formula is C16H18O5. The quantitative estimate of drug-likeness (QED) is 0.818. The monoisotopic (exact) mass is 290 g/mol. The molecular weight excluding hydrogens is 272 g/mol. The molecule has 1 atom stereocenters. The van der Waals surface area contributed by atoms with E-state index in [1.54, 1.807) is 12.1 Å². The second-order valence-corrected chi connectivity index (χ2v) is 4.59. The molecule has 0 saturated heterocycles. The molecule has 0 aliphatic carbocycles. The highest BCUT2D eigenvalue weighted by molar-refractivity contribution is 6.00. The van der Waals surface area contributed by atoms with E-state index in [4.69, 9.17) is 9.47 Å². The summed E-state index contributed by atoms with van der Waals surface area (Å²) < 4.78 is 10.7. The van der Waals surface area contributed by atoms with Crippen LogP contribution in [0.25, 0.3) is 10.8 Å². The summed E-state index contributed by atoms with van der Waals surface area (Å²) in [5.41, 5.74) is 0.0808. The normalized spacial score (nSPS) is 12.3. The first-order valence-electron chi connectivity index (χ1n) is 6.77. The number of aliphatic hydroxyl groups excluding tert-OH is 1. The summed E-state index contributed by atoms with van der Waals surface area (Å²) in [6, 6.07) is 10.6. The van der Waals surface area contributed by atoms with Crippen LogP contribution in [-0.4, -0.2) is 42.1 Å². The zero-order chi connectivity index (χ0) is 15.2. The largest absolute Gasteiger partial charge is 0.489 e. The fourth-order valence-corrected chi connectivity index (χ4v) is 2.05. The Morgan fingerprint density at radius 3 is 2.67 bits per heavy atom. The lowest BCUT2D eigenvalue weighted by atomic mass is 10.1. The smallest absolute Gasteiger partial charge is 0.339 e. The molecule has 0 radical (unpaired) electrons. The van der Waals surface area contributed by atoms with Crippen molar-refractivity contribution in [1.29, 1.82) is 0 Å². The molecule has 0 fully saturated rings. The molecule has 1 unspecified atom stereocenters. The van der Waals surface area contributed by atoms with Crippen LogP contribution in [0.5, 0.6) is 5.75 Å². The van der Waals surface area contributed by atoms with Gasteiger partial charge in [-0.05, 0) is 18.4 Å². The number of carbonyl (C=O) groups is 1. The average Bonchev–Trinajstić information content (AvgIpc) is 2.50. The van der Waals surface area contributed by atoms with Crippen molar-refractivity contribution in [2.24, 2.45) is 0 Å². The molecule has 0 heterocycles. The molecule has 0 bridgehead atoms. The van der Waals surface area contributed by atoms with Gasteiger partial charge in [-0.15, -0.1) is 0 Å². The van der Waals surface area contributed by atoms with E-state index >= 15 is 0 Å². The Hall–Kier alpha value is -2.11. The summed E-state index contributed by atoms with van der Waals surface area (Å²) >= 11 is 0. The second kappa shape index (κ2) is 7.06. The topological polar surface area (TPSA) is 76.0 Å². The number of carboxylic acids is 1. The van der Waals surface area contributed by atoms with Crippen molar-refractivity contribution in [1.82, 2.24) is 0 Å². The molecule has 0 amide bonds. The van der Waals surface area contributed by atoms with E-state index in [1.165, 1.54) is 6.07 Å². The third-order valence-corrected chi connectivity index (χ3v) is 3.04. The number of aromatic carboxylic acids is 1. The van der Waals surface area contributed by atoms with Gasteiger partial charge in [-0.1, -0.05) is 30.3 Å². The zero-order valence-electron chi connectivity index (χ0n) is 11.8. The summed E-state index contributed by atoms with van der Waals surface area (Å²) in [6.45, 7) is 2.48. The van der Waals surface area contributed by atoms with E-state index in [1.807, 2.05) is 25.1 Å². The van der Waals surface area contributed by atoms with Crippen LogP contribution in [0.15, 0.2) is 36.4 Å². The predicted octanol–water partition coefficient (Wildman–Crippen LogP) is 2.31. The van der Waals surface area contributed by atoms with E-state index in [0.29, 0.717) is 12.0 Å². The van der Waals surface area contributed by atoms with Gasteiger partial charge in [0.25, 0.3) is 0 Å². The lowest BCUT2D eigenvalue weighted by Gasteiger charge is -2.15. The van der Waals surface area contributed by atoms with Crippen LogP contribution in [0.4, 0.5) is 0 Å². The van der Waals surface area contributed by atoms with Crippen molar-refractivity contribution < 1.29 is 24.5 Å². The Morgan fingerprint density at radius 1 is 1.19 bits per heavy atom. The first-order chi connectivity index (χ1) is 10.1. The van der Waals surface area contributed by atoms with Crippen molar-refractivity contribution in [3.8, 4) is 5.75 Å². The Balaban J connectivity index is 2.27. The Bertz CT molecular complexity index is 623. The predicted molar refractivity (Wildman–Crippen MR) is 78.9 cm³/mol. The minimum atomic E-state index is -1.06. The molecule has 0 aliphatic heterocycles. The van der Waals surface area contributed by atoms with E-state index in [2.05, 4.69) is 0 Å². The number of benzene rings is 2. The highest BCUT2D eigenvalue weighted by Crippen LogP contribution is 2.30. The second-order valence-electron chi connectivity index (χ2n) is 4.59. The third-order valence-electron chi connectivity index (χ3n) is 3.04. The van der Waals surface area contributed by atoms with Gasteiger partial charge in [0.05, 0.1) is 6.61 Å². The van der Waals surface area contributed by atoms with E-state index in [9.17, 15) is 15.0 Å². The van der Waals surface area contributed by atoms with Crippen LogP contribution >= 0.6 is 0 Å². The summed E-state index contributed by atoms with van der Waals surface area (Å²) in [7, 11) is 0. The highest BCUT2D eigenvalue weighted by atomic mass is 16.5. The number of hydrogen-bond acceptors (Lipinski definition) is 4. The number of fused-ring (bicyclic) bond motifs is 1. The summed E-state index contributed by atoms with van der Waals surface area (Å²) in [5.74, 6) is -0.786. The number of ether oxygens (including phenoxy) is 2. The fourth-order valence-electron chi connectivity index (χ4n) is 2.05. The molecule has 112 valence electrons. The van der Waals surface area contributed by atoms with Crippen molar-refractivity contribution in [3.05, 3.63) is 42.0 Å². The molecule has 0 spiro atoms. The first kappa shape index (κ1) is 15.3. The summed E-state index contributed by atoms with van der Waals surface area (Å²) in [4.78, 5) is 11.3. The molecule has 2 N–H and O–H groups in total. The summed E-state index contributed by atoms with van der Waals surface area (Å²) in [5, 5.41) is 20.6. The molecule has 2 aromatic rings. The van der Waals surface area contributed by atoms with Gasteiger partial charge < -0.3 is 19.7 Å². The minimum absolute atomic E-state index is 0.0196. The lowest BCUT2D eigenvalue weighted by molar-refractivity contribution is 0.0164. The van der Waals surface area contributed by atoms with Gasteiger partial charge in [-0.2, -0.15) is 0 Å². The van der Waals surface area contributed by atoms with Gasteiger partial charge >= 0.3 is 5.97 Å². The number of hydrogen-bond donors (Lipinski definition) is 2. The van der Waals surface area contributed by atoms with Gasteiger partial charge in [0, 0.05) is 12.0 Å². The molecule has 5 nitrogen and oxygen atoms in total. The molecule has 2 rings (SSSR count). The minimum Gasteiger partial charge on any atom is -0.489 e. The van der Waals surface area contributed by atoms with Crippen molar-refractivity contribution in [2.75, 3.05) is 19.8 Å². The molecule has 0 saturated carbocycles. The van der Waals surface area contributed by atoms with Gasteiger partial charge in [-0.25, -0.2) is 4.79 Å². The van der Waals surface area contributed by atoms with Crippen LogP contribution in [0.3, 0.4) is 0 Å². The maximum atomic E-state index is 11.3. The van der Waals surface area contributed by atoms with Crippen molar-refractivity contribution in [3.63, 3.8) is 0 Å². The molecule has 21 heavy (non-hydrogen) atoms. The van der Waals surface area contributed by atoms with Crippen LogP contribution in [0.2, 0.25) is 0 Å². The number of carboxylic acid groups (broad SMARTS) is 1. The van der Waals surface area contributed by atoms with Crippen LogP contribution in [-0.2, 0) is 4.74 Å². The van der Waals surface area contributed by atoms with Gasteiger partial charge in [0.2, 0.25) is 0 Å². The molecule has 2 aromatic carbocycles. The SMILES string of the molecule is CCOCC(O)COc1c(C(=O)O)ccc2ccccc12. The summed E-state index contributed by atoms with van der Waals surface area (Å²) in [6.07, 6.45) is -0.800. The fraction of sp³-hybridized carbons (Fsp3) is 0.312. The first-order valence-corrected chi connectivity index (χ1v) is 6.77. The third kappa shape index (κ3) is 3.71. The van der Waals surface area contributed by atoms with E-state index in [-0.39, 0.29) is 24.5 Å². The standard InChI is InChI=1S/C16H18O5/c1-2-20-9-12(17)10-21-15-13-6-4-3-5-11(13)7-8-14(15)16(18)19/h3-8,12,17H,2,9-10H2,1H3,(H,18,19). The zero-order valence-corrected chi connectivity index (χ0v) is 11.8. The van der Waals surface area contributed by atoms with Crippen molar-refractivity contribution in [2.45, 2.75) is 13.0 Å². The molecule has 5 heteroatoms. The Morgan fingerprint density at radius 2 is 1.95 bits per heavy atom. The number of aliphatic hydroxyl groups is 1. The average molecular weight is 290 g/mol. The molecule has 0 aliphatic rings. The number of rotatable bonds is 7. The van der Waals surface area contributed by atoms with Crippen LogP contribution in [0, 0.1) is 0 Å². The van der Waals surface area contributed by atoms with Gasteiger partial charge in [0.1, 0.15) is 24.0 Å². The highest BCUT2D eigenvalue weighted by Gasteiger charge is 2.16.